The summed E-state index contributed by atoms with van der Waals surface area (Å²) in [6.45, 7) is 2.02. The van der Waals surface area contributed by atoms with E-state index in [1.165, 1.54) is 33.5 Å². The van der Waals surface area contributed by atoms with Gasteiger partial charge in [0.1, 0.15) is 9.84 Å². The number of thiophene rings is 1. The second kappa shape index (κ2) is 9.04. The van der Waals surface area contributed by atoms with Crippen molar-refractivity contribution < 1.29 is 4.79 Å². The van der Waals surface area contributed by atoms with Gasteiger partial charge in [0.25, 0.3) is 5.56 Å². The van der Waals surface area contributed by atoms with Crippen LogP contribution < -0.4 is 5.56 Å². The molecule has 0 N–H and O–H groups in total. The molecule has 170 valence electrons. The van der Waals surface area contributed by atoms with Crippen LogP contribution in [0, 0.1) is 6.92 Å². The summed E-state index contributed by atoms with van der Waals surface area (Å²) in [5.74, 6) is 0.622. The molecule has 0 bridgehead atoms. The van der Waals surface area contributed by atoms with Crippen LogP contribution in [0.1, 0.15) is 33.1 Å². The van der Waals surface area contributed by atoms with Gasteiger partial charge in [-0.05, 0) is 43.4 Å². The van der Waals surface area contributed by atoms with Crippen molar-refractivity contribution in [3.05, 3.63) is 66.7 Å². The molecule has 1 aliphatic carbocycles. The van der Waals surface area contributed by atoms with E-state index in [2.05, 4.69) is 4.98 Å². The van der Waals surface area contributed by atoms with E-state index in [4.69, 9.17) is 4.98 Å². The van der Waals surface area contributed by atoms with Crippen LogP contribution in [-0.2, 0) is 29.8 Å². The van der Waals surface area contributed by atoms with Crippen molar-refractivity contribution in [2.45, 2.75) is 43.5 Å². The quantitative estimate of drug-likeness (QED) is 0.288. The number of thioether (sulfide) groups is 1. The molecule has 0 saturated carbocycles. The highest BCUT2D eigenvalue weighted by atomic mass is 32.2. The van der Waals surface area contributed by atoms with E-state index in [-0.39, 0.29) is 11.5 Å². The van der Waals surface area contributed by atoms with Gasteiger partial charge in [0.05, 0.1) is 23.2 Å². The first-order valence-electron chi connectivity index (χ1n) is 10.8. The maximum atomic E-state index is 13.8. The molecule has 0 aliphatic heterocycles. The Labute approximate surface area is 204 Å². The average molecular weight is 497 g/mol. The number of likely N-dealkylation sites (N-methyl/N-ethyl adjacent to an activating group) is 1. The molecule has 4 aromatic rings. The molecule has 3 heterocycles. The number of carbonyl (C=O) groups excluding carboxylic acids is 1. The zero-order valence-electron chi connectivity index (χ0n) is 18.8. The highest BCUT2D eigenvalue weighted by molar-refractivity contribution is 7.98. The largest absolute Gasteiger partial charge is 0.348 e. The lowest BCUT2D eigenvalue weighted by molar-refractivity contribution is -0.127. The minimum Gasteiger partial charge on any atom is -0.348 e. The van der Waals surface area contributed by atoms with Crippen molar-refractivity contribution in [2.75, 3.05) is 14.1 Å². The predicted octanol–water partition coefficient (Wildman–Crippen LogP) is 4.62. The fourth-order valence-corrected chi connectivity index (χ4v) is 7.16. The van der Waals surface area contributed by atoms with Crippen LogP contribution in [0.3, 0.4) is 0 Å². The van der Waals surface area contributed by atoms with Crippen molar-refractivity contribution in [1.29, 1.82) is 0 Å². The number of thiazole rings is 1. The Hall–Kier alpha value is -2.49. The number of nitrogens with zero attached hydrogens (tertiary/aromatic N) is 4. The van der Waals surface area contributed by atoms with Crippen molar-refractivity contribution in [3.8, 4) is 5.69 Å². The Balaban J connectivity index is 1.52. The summed E-state index contributed by atoms with van der Waals surface area (Å²) in [7, 11) is 3.50. The van der Waals surface area contributed by atoms with Gasteiger partial charge in [-0.3, -0.25) is 14.2 Å². The van der Waals surface area contributed by atoms with Gasteiger partial charge in [0.15, 0.2) is 5.16 Å². The van der Waals surface area contributed by atoms with Crippen LogP contribution in [0.5, 0.6) is 0 Å². The molecule has 1 aromatic carbocycles. The number of carbonyl (C=O) groups is 1. The van der Waals surface area contributed by atoms with Gasteiger partial charge in [-0.1, -0.05) is 30.0 Å². The third-order valence-corrected chi connectivity index (χ3v) is 8.87. The summed E-state index contributed by atoms with van der Waals surface area (Å²) >= 11 is 4.68. The molecule has 1 aliphatic rings. The van der Waals surface area contributed by atoms with E-state index < -0.39 is 0 Å². The van der Waals surface area contributed by atoms with E-state index in [1.807, 2.05) is 36.6 Å². The molecule has 0 saturated heterocycles. The third-order valence-electron chi connectivity index (χ3n) is 5.81. The molecule has 0 atom stereocenters. The monoisotopic (exact) mass is 496 g/mol. The molecule has 9 heteroatoms. The zero-order valence-corrected chi connectivity index (χ0v) is 21.2. The fourth-order valence-electron chi connectivity index (χ4n) is 4.07. The van der Waals surface area contributed by atoms with Gasteiger partial charge in [-0.25, -0.2) is 9.97 Å². The number of amides is 1. The van der Waals surface area contributed by atoms with Gasteiger partial charge in [-0.15, -0.1) is 22.7 Å². The third kappa shape index (κ3) is 4.25. The molecule has 1 amide bonds. The molecular formula is C24H24N4O2S3. The van der Waals surface area contributed by atoms with E-state index in [0.717, 1.165) is 51.4 Å². The Morgan fingerprint density at radius 2 is 2.03 bits per heavy atom. The van der Waals surface area contributed by atoms with Crippen LogP contribution >= 0.6 is 34.4 Å². The summed E-state index contributed by atoms with van der Waals surface area (Å²) in [5.41, 5.74) is 4.01. The predicted molar refractivity (Wildman–Crippen MR) is 136 cm³/mol. The van der Waals surface area contributed by atoms with E-state index in [9.17, 15) is 9.59 Å². The van der Waals surface area contributed by atoms with Crippen molar-refractivity contribution >= 4 is 50.6 Å². The lowest BCUT2D eigenvalue weighted by Gasteiger charge is -2.14. The maximum absolute atomic E-state index is 13.8. The SMILES string of the molecule is Cc1ccccc1-n1c(SCc2csc(CC(=O)N(C)C)n2)nc2sc3c(c2c1=O)CCC3. The Morgan fingerprint density at radius 1 is 1.21 bits per heavy atom. The normalized spacial score (nSPS) is 12.9. The summed E-state index contributed by atoms with van der Waals surface area (Å²) in [4.78, 5) is 39.1. The van der Waals surface area contributed by atoms with Crippen LogP contribution in [0.2, 0.25) is 0 Å². The molecule has 3 aromatic heterocycles. The molecule has 0 radical (unpaired) electrons. The maximum Gasteiger partial charge on any atom is 0.267 e. The Kier molecular flexibility index (Phi) is 6.11. The lowest BCUT2D eigenvalue weighted by atomic mass is 10.2. The van der Waals surface area contributed by atoms with Crippen LogP contribution in [-0.4, -0.2) is 39.4 Å². The van der Waals surface area contributed by atoms with Crippen LogP contribution in [0.4, 0.5) is 0 Å². The molecule has 6 nitrogen and oxygen atoms in total. The topological polar surface area (TPSA) is 68.1 Å². The van der Waals surface area contributed by atoms with Crippen LogP contribution in [0.15, 0.2) is 39.6 Å². The summed E-state index contributed by atoms with van der Waals surface area (Å²) in [5, 5.41) is 4.26. The summed E-state index contributed by atoms with van der Waals surface area (Å²) < 4.78 is 1.77. The number of benzene rings is 1. The van der Waals surface area contributed by atoms with Crippen molar-refractivity contribution in [1.82, 2.24) is 19.4 Å². The zero-order chi connectivity index (χ0) is 23.1. The Bertz CT molecular complexity index is 1420. The van der Waals surface area contributed by atoms with Gasteiger partial charge < -0.3 is 4.90 Å². The number of para-hydroxylation sites is 1. The second-order valence-corrected chi connectivity index (χ2v) is 11.3. The van der Waals surface area contributed by atoms with Crippen molar-refractivity contribution in [2.24, 2.45) is 0 Å². The van der Waals surface area contributed by atoms with Gasteiger partial charge in [-0.2, -0.15) is 0 Å². The number of aromatic nitrogens is 3. The molecular weight excluding hydrogens is 472 g/mol. The van der Waals surface area contributed by atoms with Crippen molar-refractivity contribution in [3.63, 3.8) is 0 Å². The first-order chi connectivity index (χ1) is 15.9. The fraction of sp³-hybridized carbons (Fsp3) is 0.333. The summed E-state index contributed by atoms with van der Waals surface area (Å²) in [6, 6.07) is 7.94. The molecule has 33 heavy (non-hydrogen) atoms. The highest BCUT2D eigenvalue weighted by Gasteiger charge is 2.24. The number of fused-ring (bicyclic) bond motifs is 3. The minimum absolute atomic E-state index is 0.0201. The lowest BCUT2D eigenvalue weighted by Crippen LogP contribution is -2.23. The first kappa shape index (κ1) is 22.3. The standard InChI is InChI=1S/C24H24N4O2S3/c1-14-7-4-5-9-17(14)28-23(30)21-16-8-6-10-18(16)33-22(21)26-24(28)32-13-15-12-31-19(25-15)11-20(29)27(2)3/h4-5,7,9,12H,6,8,10-11,13H2,1-3H3. The highest BCUT2D eigenvalue weighted by Crippen LogP contribution is 2.36. The van der Waals surface area contributed by atoms with E-state index in [0.29, 0.717) is 17.3 Å². The number of hydrogen-bond acceptors (Lipinski definition) is 7. The van der Waals surface area contributed by atoms with E-state index >= 15 is 0 Å². The molecule has 0 unspecified atom stereocenters. The van der Waals surface area contributed by atoms with Gasteiger partial charge in [0.2, 0.25) is 5.91 Å². The second-order valence-electron chi connectivity index (χ2n) is 8.35. The molecule has 0 fully saturated rings. The van der Waals surface area contributed by atoms with Gasteiger partial charge in [0, 0.05) is 30.1 Å². The first-order valence-corrected chi connectivity index (χ1v) is 13.5. The van der Waals surface area contributed by atoms with Crippen LogP contribution in [0.25, 0.3) is 15.9 Å². The minimum atomic E-state index is 0.0201. The number of aryl methyl sites for hydroxylation is 3. The number of rotatable bonds is 6. The number of hydrogen-bond donors (Lipinski definition) is 0. The summed E-state index contributed by atoms with van der Waals surface area (Å²) in [6.07, 6.45) is 3.41. The average Bonchev–Trinajstić information content (AvgIpc) is 3.49. The Morgan fingerprint density at radius 3 is 2.82 bits per heavy atom. The smallest absolute Gasteiger partial charge is 0.267 e. The van der Waals surface area contributed by atoms with E-state index in [1.54, 1.807) is 34.9 Å². The van der Waals surface area contributed by atoms with Gasteiger partial charge >= 0.3 is 0 Å². The molecule has 5 rings (SSSR count). The molecule has 0 spiro atoms.